The van der Waals surface area contributed by atoms with Crippen LogP contribution in [0.4, 0.5) is 0 Å². The number of aliphatic carboxylic acids is 1. The third-order valence-corrected chi connectivity index (χ3v) is 4.34. The van der Waals surface area contributed by atoms with Gasteiger partial charge < -0.3 is 10.4 Å². The van der Waals surface area contributed by atoms with Crippen LogP contribution in [-0.4, -0.2) is 39.0 Å². The topological polar surface area (TPSA) is 79.3 Å². The van der Waals surface area contributed by atoms with Crippen molar-refractivity contribution < 1.29 is 14.7 Å². The van der Waals surface area contributed by atoms with Gasteiger partial charge in [0, 0.05) is 17.6 Å². The highest BCUT2D eigenvalue weighted by Crippen LogP contribution is 2.28. The number of aryl methyl sites for hydroxylation is 1. The predicted octanol–water partition coefficient (Wildman–Crippen LogP) is 1.01. The smallest absolute Gasteiger partial charge is 0.330 e. The molecule has 2 N–H and O–H groups in total. The number of hydrogen-bond donors (Lipinski definition) is 2. The second kappa shape index (κ2) is 5.61. The number of nitrogens with one attached hydrogen (secondary N) is 1. The molecule has 5 nitrogen and oxygen atoms in total. The molecule has 1 unspecified atom stereocenters. The van der Waals surface area contributed by atoms with Gasteiger partial charge >= 0.3 is 5.97 Å². The average Bonchev–Trinajstić information content (AvgIpc) is 2.82. The number of nitrogens with zero attached hydrogens (tertiary/aromatic N) is 1. The van der Waals surface area contributed by atoms with Crippen molar-refractivity contribution in [3.05, 3.63) is 29.6 Å². The normalized spacial score (nSPS) is 22.2. The maximum Gasteiger partial charge on any atom is 0.330 e. The first-order chi connectivity index (χ1) is 9.02. The van der Waals surface area contributed by atoms with Gasteiger partial charge in [-0.2, -0.15) is 11.8 Å². The lowest BCUT2D eigenvalue weighted by Crippen LogP contribution is -2.55. The van der Waals surface area contributed by atoms with E-state index in [4.69, 9.17) is 0 Å². The summed E-state index contributed by atoms with van der Waals surface area (Å²) in [7, 11) is 0. The van der Waals surface area contributed by atoms with Crippen LogP contribution in [-0.2, 0) is 16.0 Å². The molecule has 0 radical (unpaired) electrons. The van der Waals surface area contributed by atoms with Gasteiger partial charge in [0.2, 0.25) is 5.91 Å². The molecule has 1 aliphatic heterocycles. The molecule has 1 amide bonds. The molecule has 1 aromatic heterocycles. The van der Waals surface area contributed by atoms with Gasteiger partial charge in [0.15, 0.2) is 0 Å². The number of aromatic nitrogens is 1. The Labute approximate surface area is 115 Å². The molecule has 0 aromatic carbocycles. The Kier molecular flexibility index (Phi) is 4.09. The monoisotopic (exact) mass is 280 g/mol. The van der Waals surface area contributed by atoms with E-state index in [1.54, 1.807) is 18.0 Å². The molecular weight excluding hydrogens is 264 g/mol. The fourth-order valence-electron chi connectivity index (χ4n) is 1.99. The van der Waals surface area contributed by atoms with Gasteiger partial charge in [-0.25, -0.2) is 4.79 Å². The number of thioether (sulfide) groups is 1. The van der Waals surface area contributed by atoms with Gasteiger partial charge in [-0.05, 0) is 30.7 Å². The lowest BCUT2D eigenvalue weighted by atomic mass is 9.98. The number of carbonyl (C=O) groups excluding carboxylic acids is 1. The van der Waals surface area contributed by atoms with Crippen LogP contribution in [0.5, 0.6) is 0 Å². The fourth-order valence-corrected chi connectivity index (χ4v) is 3.31. The van der Waals surface area contributed by atoms with Gasteiger partial charge in [0.05, 0.1) is 6.42 Å². The van der Waals surface area contributed by atoms with E-state index < -0.39 is 11.5 Å². The molecule has 1 atom stereocenters. The Morgan fingerprint density at radius 2 is 2.32 bits per heavy atom. The molecule has 1 saturated heterocycles. The quantitative estimate of drug-likeness (QED) is 0.860. The minimum atomic E-state index is -1.10. The van der Waals surface area contributed by atoms with Crippen LogP contribution in [0.2, 0.25) is 0 Å². The number of amides is 1. The summed E-state index contributed by atoms with van der Waals surface area (Å²) in [5.74, 6) is -0.0257. The molecule has 6 heteroatoms. The molecule has 19 heavy (non-hydrogen) atoms. The Morgan fingerprint density at radius 1 is 1.53 bits per heavy atom. The van der Waals surface area contributed by atoms with Crippen LogP contribution < -0.4 is 5.32 Å². The Hall–Kier alpha value is -1.56. The Bertz CT molecular complexity index is 481. The number of rotatable bonds is 4. The number of carbonyl (C=O) groups is 2. The summed E-state index contributed by atoms with van der Waals surface area (Å²) in [6.45, 7) is 1.87. The molecule has 1 aromatic rings. The summed E-state index contributed by atoms with van der Waals surface area (Å²) >= 11 is 1.55. The van der Waals surface area contributed by atoms with E-state index in [-0.39, 0.29) is 12.3 Å². The lowest BCUT2D eigenvalue weighted by Gasteiger charge is -2.24. The van der Waals surface area contributed by atoms with Crippen molar-refractivity contribution in [2.75, 3.05) is 11.5 Å². The van der Waals surface area contributed by atoms with Crippen molar-refractivity contribution in [3.8, 4) is 0 Å². The molecule has 102 valence electrons. The van der Waals surface area contributed by atoms with Crippen molar-refractivity contribution in [1.82, 2.24) is 10.3 Å². The van der Waals surface area contributed by atoms with Crippen LogP contribution in [0, 0.1) is 6.92 Å². The maximum absolute atomic E-state index is 12.0. The van der Waals surface area contributed by atoms with Gasteiger partial charge in [0.25, 0.3) is 0 Å². The lowest BCUT2D eigenvalue weighted by molar-refractivity contribution is -0.146. The molecular formula is C13H16N2O3S. The van der Waals surface area contributed by atoms with Gasteiger partial charge in [0.1, 0.15) is 5.54 Å². The van der Waals surface area contributed by atoms with E-state index in [1.165, 1.54) is 0 Å². The van der Waals surface area contributed by atoms with Crippen LogP contribution in [0.25, 0.3) is 0 Å². The minimum absolute atomic E-state index is 0.160. The minimum Gasteiger partial charge on any atom is -0.479 e. The number of carboxylic acids is 1. The van der Waals surface area contributed by atoms with E-state index >= 15 is 0 Å². The van der Waals surface area contributed by atoms with Crippen LogP contribution in [0.3, 0.4) is 0 Å². The molecule has 0 bridgehead atoms. The largest absolute Gasteiger partial charge is 0.479 e. The molecule has 2 rings (SSSR count). The zero-order chi connectivity index (χ0) is 13.9. The summed E-state index contributed by atoms with van der Waals surface area (Å²) in [6, 6.07) is 3.67. The highest BCUT2D eigenvalue weighted by atomic mass is 32.2. The predicted molar refractivity (Wildman–Crippen MR) is 73.1 cm³/mol. The second-order valence-corrected chi connectivity index (χ2v) is 5.83. The van der Waals surface area contributed by atoms with E-state index in [0.29, 0.717) is 12.2 Å². The standard InChI is InChI=1S/C13H16N2O3S/c1-9-2-3-10(7-14-9)6-11(16)15-13(12(17)18)4-5-19-8-13/h2-3,7H,4-6,8H2,1H3,(H,15,16)(H,17,18). The van der Waals surface area contributed by atoms with Crippen molar-refractivity contribution in [3.63, 3.8) is 0 Å². The fraction of sp³-hybridized carbons (Fsp3) is 0.462. The van der Waals surface area contributed by atoms with Crippen molar-refractivity contribution in [1.29, 1.82) is 0 Å². The maximum atomic E-state index is 12.0. The zero-order valence-electron chi connectivity index (χ0n) is 10.7. The molecule has 0 spiro atoms. The van der Waals surface area contributed by atoms with Crippen LogP contribution >= 0.6 is 11.8 Å². The summed E-state index contributed by atoms with van der Waals surface area (Å²) in [6.07, 6.45) is 2.28. The van der Waals surface area contributed by atoms with Crippen molar-refractivity contribution >= 4 is 23.6 Å². The first kappa shape index (κ1) is 13.9. The Balaban J connectivity index is 2.00. The second-order valence-electron chi connectivity index (χ2n) is 4.72. The number of carboxylic acid groups (broad SMARTS) is 1. The molecule has 2 heterocycles. The van der Waals surface area contributed by atoms with Crippen molar-refractivity contribution in [2.45, 2.75) is 25.3 Å². The average molecular weight is 280 g/mol. The van der Waals surface area contributed by atoms with Gasteiger partial charge in [-0.15, -0.1) is 0 Å². The van der Waals surface area contributed by atoms with E-state index in [2.05, 4.69) is 10.3 Å². The highest BCUT2D eigenvalue weighted by molar-refractivity contribution is 7.99. The highest BCUT2D eigenvalue weighted by Gasteiger charge is 2.43. The number of hydrogen-bond acceptors (Lipinski definition) is 4. The van der Waals surface area contributed by atoms with E-state index in [0.717, 1.165) is 17.0 Å². The summed E-state index contributed by atoms with van der Waals surface area (Å²) in [5.41, 5.74) is 0.576. The first-order valence-corrected chi connectivity index (χ1v) is 7.21. The number of pyridine rings is 1. The van der Waals surface area contributed by atoms with Crippen molar-refractivity contribution in [2.24, 2.45) is 0 Å². The third-order valence-electron chi connectivity index (χ3n) is 3.15. The molecule has 1 aliphatic rings. The van der Waals surface area contributed by atoms with E-state index in [9.17, 15) is 14.7 Å². The first-order valence-electron chi connectivity index (χ1n) is 6.05. The van der Waals surface area contributed by atoms with Crippen LogP contribution in [0.1, 0.15) is 17.7 Å². The van der Waals surface area contributed by atoms with E-state index in [1.807, 2.05) is 19.1 Å². The Morgan fingerprint density at radius 3 is 2.84 bits per heavy atom. The van der Waals surface area contributed by atoms with Gasteiger partial charge in [-0.3, -0.25) is 9.78 Å². The molecule has 0 aliphatic carbocycles. The summed E-state index contributed by atoms with van der Waals surface area (Å²) < 4.78 is 0. The van der Waals surface area contributed by atoms with Crippen LogP contribution in [0.15, 0.2) is 18.3 Å². The van der Waals surface area contributed by atoms with Gasteiger partial charge in [-0.1, -0.05) is 6.07 Å². The summed E-state index contributed by atoms with van der Waals surface area (Å²) in [4.78, 5) is 27.4. The summed E-state index contributed by atoms with van der Waals surface area (Å²) in [5, 5.41) is 11.9. The SMILES string of the molecule is Cc1ccc(CC(=O)NC2(C(=O)O)CCSC2)cn1. The molecule has 0 saturated carbocycles. The third kappa shape index (κ3) is 3.26. The molecule has 1 fully saturated rings. The zero-order valence-corrected chi connectivity index (χ0v) is 11.5.